The van der Waals surface area contributed by atoms with Crippen LogP contribution < -0.4 is 4.74 Å². The molecule has 0 heterocycles. The summed E-state index contributed by atoms with van der Waals surface area (Å²) in [5.74, 6) is -0.202. The molecule has 1 aromatic rings. The van der Waals surface area contributed by atoms with Crippen LogP contribution in [0.5, 0.6) is 5.75 Å². The molecule has 1 atom stereocenters. The number of ether oxygens (including phenoxy) is 3. The Hall–Kier alpha value is -1.46. The van der Waals surface area contributed by atoms with Gasteiger partial charge in [-0.2, -0.15) is 0 Å². The molecule has 0 spiro atoms. The predicted octanol–water partition coefficient (Wildman–Crippen LogP) is 1.83. The SMILES string of the molecule is COc1cccc(C(=O)C(F)C(OC)OC)c1. The summed E-state index contributed by atoms with van der Waals surface area (Å²) in [5.41, 5.74) is 0.218. The van der Waals surface area contributed by atoms with Crippen LogP contribution in [0, 0.1) is 0 Å². The summed E-state index contributed by atoms with van der Waals surface area (Å²) in [6.45, 7) is 0. The predicted molar refractivity (Wildman–Crippen MR) is 60.0 cm³/mol. The van der Waals surface area contributed by atoms with Crippen molar-refractivity contribution in [3.8, 4) is 5.75 Å². The molecule has 0 radical (unpaired) electrons. The van der Waals surface area contributed by atoms with E-state index in [1.807, 2.05) is 0 Å². The molecular weight excluding hydrogens is 227 g/mol. The van der Waals surface area contributed by atoms with Crippen molar-refractivity contribution in [2.45, 2.75) is 12.5 Å². The van der Waals surface area contributed by atoms with Gasteiger partial charge < -0.3 is 14.2 Å². The Morgan fingerprint density at radius 2 is 1.88 bits per heavy atom. The number of Topliss-reactive ketones (excluding diaryl/α,β-unsaturated/α-hetero) is 1. The Morgan fingerprint density at radius 3 is 2.41 bits per heavy atom. The lowest BCUT2D eigenvalue weighted by atomic mass is 10.1. The van der Waals surface area contributed by atoms with Crippen molar-refractivity contribution in [1.29, 1.82) is 0 Å². The average Bonchev–Trinajstić information content (AvgIpc) is 2.39. The molecule has 1 unspecified atom stereocenters. The molecule has 1 rings (SSSR count). The van der Waals surface area contributed by atoms with Gasteiger partial charge in [-0.1, -0.05) is 12.1 Å². The Morgan fingerprint density at radius 1 is 1.24 bits per heavy atom. The molecule has 0 amide bonds. The van der Waals surface area contributed by atoms with Gasteiger partial charge in [0, 0.05) is 19.8 Å². The zero-order valence-electron chi connectivity index (χ0n) is 9.98. The number of methoxy groups -OCH3 is 3. The molecule has 4 nitrogen and oxygen atoms in total. The van der Waals surface area contributed by atoms with Gasteiger partial charge in [-0.25, -0.2) is 4.39 Å². The summed E-state index contributed by atoms with van der Waals surface area (Å²) >= 11 is 0. The topological polar surface area (TPSA) is 44.8 Å². The minimum absolute atomic E-state index is 0.218. The van der Waals surface area contributed by atoms with Gasteiger partial charge in [0.15, 0.2) is 6.29 Å². The second kappa shape index (κ2) is 6.32. The summed E-state index contributed by atoms with van der Waals surface area (Å²) < 4.78 is 28.1. The van der Waals surface area contributed by atoms with Crippen LogP contribution in [-0.4, -0.2) is 39.6 Å². The van der Waals surface area contributed by atoms with E-state index in [9.17, 15) is 9.18 Å². The largest absolute Gasteiger partial charge is 0.497 e. The first-order valence-electron chi connectivity index (χ1n) is 5.02. The van der Waals surface area contributed by atoms with Gasteiger partial charge in [0.2, 0.25) is 12.0 Å². The van der Waals surface area contributed by atoms with E-state index < -0.39 is 18.2 Å². The van der Waals surface area contributed by atoms with E-state index in [0.29, 0.717) is 5.75 Å². The van der Waals surface area contributed by atoms with Crippen LogP contribution in [0.4, 0.5) is 4.39 Å². The maximum Gasteiger partial charge on any atom is 0.213 e. The zero-order valence-corrected chi connectivity index (χ0v) is 9.98. The van der Waals surface area contributed by atoms with Crippen LogP contribution in [-0.2, 0) is 9.47 Å². The first-order valence-corrected chi connectivity index (χ1v) is 5.02. The maximum absolute atomic E-state index is 13.7. The van der Waals surface area contributed by atoms with Gasteiger partial charge in [-0.15, -0.1) is 0 Å². The van der Waals surface area contributed by atoms with Crippen molar-refractivity contribution in [3.05, 3.63) is 29.8 Å². The van der Waals surface area contributed by atoms with Crippen molar-refractivity contribution in [2.75, 3.05) is 21.3 Å². The first kappa shape index (κ1) is 13.6. The number of hydrogen-bond acceptors (Lipinski definition) is 4. The maximum atomic E-state index is 13.7. The van der Waals surface area contributed by atoms with E-state index in [1.54, 1.807) is 12.1 Å². The third kappa shape index (κ3) is 3.25. The Balaban J connectivity index is 2.87. The van der Waals surface area contributed by atoms with Crippen LogP contribution in [0.3, 0.4) is 0 Å². The molecule has 0 aliphatic heterocycles. The van der Waals surface area contributed by atoms with Crippen molar-refractivity contribution >= 4 is 5.78 Å². The lowest BCUT2D eigenvalue weighted by Gasteiger charge is -2.17. The monoisotopic (exact) mass is 242 g/mol. The van der Waals surface area contributed by atoms with Gasteiger partial charge in [-0.3, -0.25) is 4.79 Å². The van der Waals surface area contributed by atoms with Crippen LogP contribution in [0.2, 0.25) is 0 Å². The molecule has 0 saturated carbocycles. The average molecular weight is 242 g/mol. The van der Waals surface area contributed by atoms with Crippen molar-refractivity contribution < 1.29 is 23.4 Å². The molecular formula is C12H15FO4. The van der Waals surface area contributed by atoms with E-state index in [1.165, 1.54) is 33.5 Å². The van der Waals surface area contributed by atoms with Crippen LogP contribution >= 0.6 is 0 Å². The van der Waals surface area contributed by atoms with Gasteiger partial charge in [0.1, 0.15) is 5.75 Å². The summed E-state index contributed by atoms with van der Waals surface area (Å²) in [5, 5.41) is 0. The number of carbonyl (C=O) groups excluding carboxylic acids is 1. The van der Waals surface area contributed by atoms with Crippen molar-refractivity contribution in [2.24, 2.45) is 0 Å². The van der Waals surface area contributed by atoms with Crippen LogP contribution in [0.1, 0.15) is 10.4 Å². The second-order valence-corrected chi connectivity index (χ2v) is 3.34. The number of alkyl halides is 1. The highest BCUT2D eigenvalue weighted by molar-refractivity contribution is 6.00. The molecule has 0 fully saturated rings. The molecule has 0 aromatic heterocycles. The number of ketones is 1. The summed E-state index contributed by atoms with van der Waals surface area (Å²) in [6.07, 6.45) is -3.06. The number of rotatable bonds is 6. The molecule has 0 N–H and O–H groups in total. The highest BCUT2D eigenvalue weighted by atomic mass is 19.1. The fourth-order valence-corrected chi connectivity index (χ4v) is 1.39. The Kier molecular flexibility index (Phi) is 5.06. The number of hydrogen-bond donors (Lipinski definition) is 0. The van der Waals surface area contributed by atoms with Crippen LogP contribution in [0.15, 0.2) is 24.3 Å². The Bertz CT molecular complexity index is 377. The third-order valence-corrected chi connectivity index (χ3v) is 2.31. The molecule has 94 valence electrons. The zero-order chi connectivity index (χ0) is 12.8. The molecule has 0 aliphatic carbocycles. The van der Waals surface area contributed by atoms with Crippen molar-refractivity contribution in [1.82, 2.24) is 0 Å². The first-order chi connectivity index (χ1) is 8.13. The van der Waals surface area contributed by atoms with E-state index in [4.69, 9.17) is 14.2 Å². The second-order valence-electron chi connectivity index (χ2n) is 3.34. The molecule has 0 bridgehead atoms. The van der Waals surface area contributed by atoms with Gasteiger partial charge in [-0.05, 0) is 12.1 Å². The summed E-state index contributed by atoms with van der Waals surface area (Å²) in [6, 6.07) is 6.28. The fraction of sp³-hybridized carbons (Fsp3) is 0.417. The van der Waals surface area contributed by atoms with Gasteiger partial charge in [0.05, 0.1) is 7.11 Å². The van der Waals surface area contributed by atoms with Crippen molar-refractivity contribution in [3.63, 3.8) is 0 Å². The normalized spacial score (nSPS) is 12.5. The van der Waals surface area contributed by atoms with E-state index in [-0.39, 0.29) is 5.56 Å². The molecule has 0 saturated heterocycles. The quantitative estimate of drug-likeness (QED) is 0.564. The lowest BCUT2D eigenvalue weighted by molar-refractivity contribution is -0.131. The number of halogens is 1. The highest BCUT2D eigenvalue weighted by Gasteiger charge is 2.29. The third-order valence-electron chi connectivity index (χ3n) is 2.31. The molecule has 0 aliphatic rings. The molecule has 17 heavy (non-hydrogen) atoms. The lowest BCUT2D eigenvalue weighted by Crippen LogP contribution is -2.33. The highest BCUT2D eigenvalue weighted by Crippen LogP contribution is 2.17. The standard InChI is InChI=1S/C12H15FO4/c1-15-9-6-4-5-8(7-9)11(14)10(13)12(16-2)17-3/h4-7,10,12H,1-3H3. The van der Waals surface area contributed by atoms with E-state index in [0.717, 1.165) is 0 Å². The minimum atomic E-state index is -1.86. The van der Waals surface area contributed by atoms with Gasteiger partial charge >= 0.3 is 0 Å². The number of carbonyl (C=O) groups is 1. The van der Waals surface area contributed by atoms with Crippen LogP contribution in [0.25, 0.3) is 0 Å². The minimum Gasteiger partial charge on any atom is -0.497 e. The molecule has 1 aromatic carbocycles. The summed E-state index contributed by atoms with van der Waals surface area (Å²) in [7, 11) is 4.03. The smallest absolute Gasteiger partial charge is 0.213 e. The Labute approximate surface area is 99.3 Å². The fourth-order valence-electron chi connectivity index (χ4n) is 1.39. The van der Waals surface area contributed by atoms with E-state index >= 15 is 0 Å². The van der Waals surface area contributed by atoms with E-state index in [2.05, 4.69) is 0 Å². The molecule has 5 heteroatoms. The van der Waals surface area contributed by atoms with Gasteiger partial charge in [0.25, 0.3) is 0 Å². The summed E-state index contributed by atoms with van der Waals surface area (Å²) in [4.78, 5) is 11.8. The number of benzene rings is 1.